The van der Waals surface area contributed by atoms with E-state index in [4.69, 9.17) is 0 Å². The molecule has 12 heteroatoms. The Morgan fingerprint density at radius 2 is 1.86 bits per heavy atom. The summed E-state index contributed by atoms with van der Waals surface area (Å²) in [6.45, 7) is 0.813. The number of hydrogen-bond acceptors (Lipinski definition) is 6. The second-order valence-corrected chi connectivity index (χ2v) is 7.97. The fourth-order valence-corrected chi connectivity index (χ4v) is 3.52. The number of amides is 2. The lowest BCUT2D eigenvalue weighted by Gasteiger charge is -2.27. The van der Waals surface area contributed by atoms with E-state index in [0.29, 0.717) is 5.56 Å². The summed E-state index contributed by atoms with van der Waals surface area (Å²) in [4.78, 5) is 33.4. The number of nitrogens with one attached hydrogen (secondary N) is 2. The molecule has 0 fully saturated rings. The summed E-state index contributed by atoms with van der Waals surface area (Å²) < 4.78 is 39.4. The molecule has 194 valence electrons. The molecule has 37 heavy (non-hydrogen) atoms. The van der Waals surface area contributed by atoms with Crippen LogP contribution in [-0.4, -0.2) is 62.3 Å². The minimum atomic E-state index is -4.57. The van der Waals surface area contributed by atoms with Gasteiger partial charge in [0, 0.05) is 18.5 Å². The number of aliphatic hydroxyl groups excluding tert-OH is 1. The molecule has 0 aliphatic heterocycles. The predicted octanol–water partition coefficient (Wildman–Crippen LogP) is 3.11. The molecule has 0 bridgehead atoms. The third-order valence-corrected chi connectivity index (χ3v) is 5.30. The van der Waals surface area contributed by atoms with Gasteiger partial charge in [-0.15, -0.1) is 5.92 Å². The average Bonchev–Trinajstić information content (AvgIpc) is 2.86. The fraction of sp³-hybridized carbons (Fsp3) is 0.280. The number of rotatable bonds is 9. The number of hydrogen-bond donors (Lipinski definition) is 4. The first-order valence-corrected chi connectivity index (χ1v) is 11.1. The number of carbonyl (C=O) groups is 2. The number of carboxylic acid groups (broad SMARTS) is 1. The van der Waals surface area contributed by atoms with E-state index < -0.39 is 42.4 Å². The average molecular weight is 515 g/mol. The smallest absolute Gasteiger partial charge is 0.416 e. The lowest BCUT2D eigenvalue weighted by atomic mass is 10.1. The molecule has 0 saturated carbocycles. The van der Waals surface area contributed by atoms with E-state index in [1.165, 1.54) is 13.0 Å². The first-order valence-electron chi connectivity index (χ1n) is 11.1. The van der Waals surface area contributed by atoms with E-state index in [1.54, 1.807) is 30.3 Å². The summed E-state index contributed by atoms with van der Waals surface area (Å²) in [5, 5.41) is 25.4. The molecule has 0 unspecified atom stereocenters. The minimum Gasteiger partial charge on any atom is -0.465 e. The van der Waals surface area contributed by atoms with E-state index in [2.05, 4.69) is 32.4 Å². The van der Waals surface area contributed by atoms with E-state index >= 15 is 0 Å². The highest BCUT2D eigenvalue weighted by Gasteiger charge is 2.31. The highest BCUT2D eigenvalue weighted by molar-refractivity contribution is 5.91. The maximum Gasteiger partial charge on any atom is 0.416 e. The number of aliphatic hydroxyl groups is 1. The molecular weight excluding hydrogens is 491 g/mol. The molecule has 0 aliphatic carbocycles. The number of carbonyl (C=O) groups excluding carboxylic acids is 1. The molecular formula is C25H24F3N5O4. The van der Waals surface area contributed by atoms with Crippen LogP contribution >= 0.6 is 0 Å². The van der Waals surface area contributed by atoms with Crippen molar-refractivity contribution in [3.8, 4) is 11.8 Å². The summed E-state index contributed by atoms with van der Waals surface area (Å²) in [5.41, 5.74) is 0.0628. The summed E-state index contributed by atoms with van der Waals surface area (Å²) in [5.74, 6) is 4.37. The van der Waals surface area contributed by atoms with Gasteiger partial charge in [0.2, 0.25) is 5.91 Å². The maximum atomic E-state index is 13.1. The molecule has 4 N–H and O–H groups in total. The first-order chi connectivity index (χ1) is 17.6. The topological polar surface area (TPSA) is 128 Å². The SMILES string of the molecule is CC#C[C@H](O)[C@H](CN(Cc1ccccc1)C(=O)O)NC(=O)CNc1ncnc2ccc(C(F)(F)F)cc12. The number of anilines is 1. The van der Waals surface area contributed by atoms with Crippen LogP contribution in [0.25, 0.3) is 10.9 Å². The molecule has 0 radical (unpaired) electrons. The summed E-state index contributed by atoms with van der Waals surface area (Å²) in [7, 11) is 0. The molecule has 0 spiro atoms. The third-order valence-electron chi connectivity index (χ3n) is 5.30. The molecule has 2 aromatic carbocycles. The molecule has 2 atom stereocenters. The van der Waals surface area contributed by atoms with Crippen LogP contribution in [0.2, 0.25) is 0 Å². The van der Waals surface area contributed by atoms with Crippen molar-refractivity contribution in [2.45, 2.75) is 31.8 Å². The van der Waals surface area contributed by atoms with Crippen LogP contribution in [-0.2, 0) is 17.5 Å². The summed E-state index contributed by atoms with van der Waals surface area (Å²) in [6.07, 6.45) is -6.06. The molecule has 1 heterocycles. The van der Waals surface area contributed by atoms with Gasteiger partial charge in [0.1, 0.15) is 18.2 Å². The van der Waals surface area contributed by atoms with Gasteiger partial charge in [0.25, 0.3) is 0 Å². The Kier molecular flexibility index (Phi) is 8.86. The fourth-order valence-electron chi connectivity index (χ4n) is 3.52. The van der Waals surface area contributed by atoms with Gasteiger partial charge >= 0.3 is 12.3 Å². The Hall–Kier alpha value is -4.37. The van der Waals surface area contributed by atoms with Crippen molar-refractivity contribution >= 4 is 28.7 Å². The van der Waals surface area contributed by atoms with Crippen LogP contribution in [0.1, 0.15) is 18.1 Å². The van der Waals surface area contributed by atoms with Gasteiger partial charge in [0.05, 0.1) is 23.7 Å². The number of fused-ring (bicyclic) bond motifs is 1. The Morgan fingerprint density at radius 1 is 1.14 bits per heavy atom. The van der Waals surface area contributed by atoms with Gasteiger partial charge < -0.3 is 25.7 Å². The van der Waals surface area contributed by atoms with E-state index in [-0.39, 0.29) is 29.8 Å². The van der Waals surface area contributed by atoms with Crippen LogP contribution in [0.15, 0.2) is 54.9 Å². The molecule has 3 rings (SSSR count). The Balaban J connectivity index is 1.73. The number of nitrogens with zero attached hydrogens (tertiary/aromatic N) is 3. The van der Waals surface area contributed by atoms with Crippen molar-refractivity contribution in [1.82, 2.24) is 20.2 Å². The van der Waals surface area contributed by atoms with Gasteiger partial charge in [-0.2, -0.15) is 13.2 Å². The molecule has 1 aromatic heterocycles. The van der Waals surface area contributed by atoms with E-state index in [0.717, 1.165) is 23.4 Å². The van der Waals surface area contributed by atoms with Crippen LogP contribution in [0, 0.1) is 11.8 Å². The molecule has 0 saturated heterocycles. The lowest BCUT2D eigenvalue weighted by molar-refractivity contribution is -0.137. The Morgan fingerprint density at radius 3 is 2.51 bits per heavy atom. The first kappa shape index (κ1) is 27.2. The van der Waals surface area contributed by atoms with Crippen molar-refractivity contribution in [3.05, 3.63) is 66.0 Å². The number of alkyl halides is 3. The van der Waals surface area contributed by atoms with Crippen molar-refractivity contribution in [1.29, 1.82) is 0 Å². The van der Waals surface area contributed by atoms with E-state index in [1.807, 2.05) is 0 Å². The normalized spacial score (nSPS) is 12.7. The number of aromatic nitrogens is 2. The third kappa shape index (κ3) is 7.55. The van der Waals surface area contributed by atoms with Crippen LogP contribution < -0.4 is 10.6 Å². The van der Waals surface area contributed by atoms with E-state index in [9.17, 15) is 33.0 Å². The lowest BCUT2D eigenvalue weighted by Crippen LogP contribution is -2.52. The monoisotopic (exact) mass is 515 g/mol. The Labute approximate surface area is 210 Å². The van der Waals surface area contributed by atoms with Crippen molar-refractivity contribution in [3.63, 3.8) is 0 Å². The van der Waals surface area contributed by atoms with Crippen molar-refractivity contribution < 1.29 is 33.0 Å². The van der Waals surface area contributed by atoms with Gasteiger partial charge in [0.15, 0.2) is 0 Å². The molecule has 3 aromatic rings. The number of benzene rings is 2. The number of halogens is 3. The predicted molar refractivity (Wildman–Crippen MR) is 129 cm³/mol. The largest absolute Gasteiger partial charge is 0.465 e. The molecule has 9 nitrogen and oxygen atoms in total. The summed E-state index contributed by atoms with van der Waals surface area (Å²) >= 11 is 0. The zero-order valence-corrected chi connectivity index (χ0v) is 19.7. The minimum absolute atomic E-state index is 0.00735. The zero-order chi connectivity index (χ0) is 27.0. The maximum absolute atomic E-state index is 13.1. The highest BCUT2D eigenvalue weighted by atomic mass is 19.4. The quantitative estimate of drug-likeness (QED) is 0.323. The van der Waals surface area contributed by atoms with Gasteiger partial charge in [-0.1, -0.05) is 36.3 Å². The molecule has 2 amide bonds. The second-order valence-electron chi connectivity index (χ2n) is 7.97. The van der Waals surface area contributed by atoms with Gasteiger partial charge in [-0.3, -0.25) is 4.79 Å². The highest BCUT2D eigenvalue weighted by Crippen LogP contribution is 2.32. The summed E-state index contributed by atoms with van der Waals surface area (Å²) in [6, 6.07) is 10.7. The van der Waals surface area contributed by atoms with Crippen LogP contribution in [0.4, 0.5) is 23.8 Å². The van der Waals surface area contributed by atoms with Crippen molar-refractivity contribution in [2.75, 3.05) is 18.4 Å². The second kappa shape index (κ2) is 12.0. The van der Waals surface area contributed by atoms with Crippen LogP contribution in [0.5, 0.6) is 0 Å². The van der Waals surface area contributed by atoms with Crippen LogP contribution in [0.3, 0.4) is 0 Å². The Bertz CT molecular complexity index is 1310. The zero-order valence-electron chi connectivity index (χ0n) is 19.7. The van der Waals surface area contributed by atoms with Gasteiger partial charge in [-0.05, 0) is 30.7 Å². The standard InChI is InChI=1S/C25H24F3N5O4/c1-2-6-21(34)20(14-33(24(36)37)13-16-7-4-3-5-8-16)32-22(35)12-29-23-18-11-17(25(26,27)28)9-10-19(18)30-15-31-23/h3-5,7-11,15,20-21,34H,12-14H2,1H3,(H,32,35)(H,36,37)(H,29,30,31)/t20-,21-/m0/s1. The van der Waals surface area contributed by atoms with Crippen molar-refractivity contribution in [2.24, 2.45) is 0 Å². The van der Waals surface area contributed by atoms with Gasteiger partial charge in [-0.25, -0.2) is 14.8 Å². The molecule has 0 aliphatic rings.